The topological polar surface area (TPSA) is 66.5 Å². The third-order valence-electron chi connectivity index (χ3n) is 4.74. The largest absolute Gasteiger partial charge is 0.354 e. The smallest absolute Gasteiger partial charge is 0.264 e. The van der Waals surface area contributed by atoms with E-state index in [2.05, 4.69) is 21.2 Å². The summed E-state index contributed by atoms with van der Waals surface area (Å²) in [6.45, 7) is 2.01. The molecule has 3 rings (SSSR count). The lowest BCUT2D eigenvalue weighted by Crippen LogP contribution is -2.41. The van der Waals surface area contributed by atoms with Gasteiger partial charge in [0.2, 0.25) is 5.91 Å². The van der Waals surface area contributed by atoms with Crippen molar-refractivity contribution in [1.82, 2.24) is 5.32 Å². The Morgan fingerprint density at radius 2 is 1.76 bits per heavy atom. The van der Waals surface area contributed by atoms with Gasteiger partial charge in [0.05, 0.1) is 10.6 Å². The molecule has 0 aromatic heterocycles. The van der Waals surface area contributed by atoms with E-state index in [1.807, 2.05) is 31.2 Å². The average Bonchev–Trinajstić information content (AvgIpc) is 2.78. The molecule has 0 fully saturated rings. The maximum Gasteiger partial charge on any atom is 0.264 e. The van der Waals surface area contributed by atoms with E-state index in [0.717, 1.165) is 25.7 Å². The van der Waals surface area contributed by atoms with Gasteiger partial charge >= 0.3 is 0 Å². The quantitative estimate of drug-likeness (QED) is 0.321. The number of nitrogens with zero attached hydrogens (tertiary/aromatic N) is 1. The number of carbonyl (C=O) groups excluding carboxylic acids is 1. The van der Waals surface area contributed by atoms with Crippen LogP contribution in [0.4, 0.5) is 5.69 Å². The number of hydrogen-bond donors (Lipinski definition) is 1. The van der Waals surface area contributed by atoms with E-state index in [-0.39, 0.29) is 17.3 Å². The number of hydrogen-bond acceptors (Lipinski definition) is 4. The maximum absolute atomic E-state index is 13.3. The van der Waals surface area contributed by atoms with Crippen LogP contribution in [0.2, 0.25) is 5.02 Å². The predicted molar refractivity (Wildman–Crippen MR) is 140 cm³/mol. The van der Waals surface area contributed by atoms with Crippen LogP contribution in [0.3, 0.4) is 0 Å². The van der Waals surface area contributed by atoms with Gasteiger partial charge in [-0.15, -0.1) is 0 Å². The van der Waals surface area contributed by atoms with Crippen molar-refractivity contribution in [2.45, 2.75) is 17.6 Å². The van der Waals surface area contributed by atoms with Gasteiger partial charge in [0.25, 0.3) is 10.0 Å². The summed E-state index contributed by atoms with van der Waals surface area (Å²) in [5.74, 6) is 1.11. The molecule has 9 heteroatoms. The summed E-state index contributed by atoms with van der Waals surface area (Å²) in [6.07, 6.45) is 0. The minimum Gasteiger partial charge on any atom is -0.354 e. The van der Waals surface area contributed by atoms with Crippen LogP contribution < -0.4 is 9.62 Å². The predicted octanol–water partition coefficient (Wildman–Crippen LogP) is 5.66. The molecule has 174 valence electrons. The molecule has 0 aliphatic rings. The number of rotatable bonds is 10. The number of halogens is 2. The van der Waals surface area contributed by atoms with Gasteiger partial charge in [0, 0.05) is 27.5 Å². The molecule has 0 atom stereocenters. The van der Waals surface area contributed by atoms with Crippen molar-refractivity contribution in [2.75, 3.05) is 23.1 Å². The first-order chi connectivity index (χ1) is 15.8. The van der Waals surface area contributed by atoms with Crippen LogP contribution in [0.1, 0.15) is 11.1 Å². The Morgan fingerprint density at radius 3 is 2.42 bits per heavy atom. The van der Waals surface area contributed by atoms with Crippen LogP contribution in [-0.4, -0.2) is 33.2 Å². The van der Waals surface area contributed by atoms with Crippen molar-refractivity contribution in [3.05, 3.63) is 93.4 Å². The molecule has 0 spiro atoms. The highest BCUT2D eigenvalue weighted by atomic mass is 79.9. The maximum atomic E-state index is 13.3. The zero-order valence-electron chi connectivity index (χ0n) is 18.0. The molecule has 33 heavy (non-hydrogen) atoms. The number of aryl methyl sites for hydroxylation is 1. The summed E-state index contributed by atoms with van der Waals surface area (Å²) in [4.78, 5) is 12.8. The molecule has 0 aliphatic carbocycles. The second-order valence-electron chi connectivity index (χ2n) is 7.33. The summed E-state index contributed by atoms with van der Waals surface area (Å²) in [5, 5.41) is 3.52. The highest BCUT2D eigenvalue weighted by Gasteiger charge is 2.27. The fraction of sp³-hybridized carbons (Fsp3) is 0.208. The Bertz CT molecular complexity index is 1190. The first-order valence-electron chi connectivity index (χ1n) is 10.2. The van der Waals surface area contributed by atoms with Crippen LogP contribution in [0, 0.1) is 6.92 Å². The molecule has 0 saturated heterocycles. The normalized spacial score (nSPS) is 11.2. The van der Waals surface area contributed by atoms with Crippen molar-refractivity contribution in [3.63, 3.8) is 0 Å². The molecule has 1 N–H and O–H groups in total. The van der Waals surface area contributed by atoms with Gasteiger partial charge in [0.15, 0.2) is 0 Å². The number of carbonyl (C=O) groups is 1. The zero-order chi connectivity index (χ0) is 23.8. The summed E-state index contributed by atoms with van der Waals surface area (Å²) in [6, 6.07) is 21.1. The van der Waals surface area contributed by atoms with E-state index < -0.39 is 10.0 Å². The molecular formula is C24H24BrClN2O3S2. The summed E-state index contributed by atoms with van der Waals surface area (Å²) >= 11 is 11.0. The van der Waals surface area contributed by atoms with Crippen LogP contribution >= 0.6 is 39.3 Å². The van der Waals surface area contributed by atoms with E-state index in [9.17, 15) is 13.2 Å². The van der Waals surface area contributed by atoms with E-state index >= 15 is 0 Å². The van der Waals surface area contributed by atoms with Crippen LogP contribution in [0.15, 0.2) is 82.2 Å². The van der Waals surface area contributed by atoms with Gasteiger partial charge in [-0.1, -0.05) is 57.4 Å². The first-order valence-corrected chi connectivity index (χ1v) is 14.0. The van der Waals surface area contributed by atoms with Gasteiger partial charge in [-0.25, -0.2) is 8.42 Å². The van der Waals surface area contributed by atoms with Crippen LogP contribution in [0.5, 0.6) is 0 Å². The lowest BCUT2D eigenvalue weighted by Gasteiger charge is -2.24. The van der Waals surface area contributed by atoms with Gasteiger partial charge in [-0.05, 0) is 61.0 Å². The van der Waals surface area contributed by atoms with E-state index in [4.69, 9.17) is 11.6 Å². The van der Waals surface area contributed by atoms with E-state index in [1.54, 1.807) is 60.3 Å². The van der Waals surface area contributed by atoms with E-state index in [0.29, 0.717) is 23.0 Å². The number of nitrogens with one attached hydrogen (secondary N) is 1. The van der Waals surface area contributed by atoms with Crippen molar-refractivity contribution < 1.29 is 13.2 Å². The Hall–Kier alpha value is -2.00. The molecule has 0 saturated carbocycles. The molecular weight excluding hydrogens is 544 g/mol. The molecule has 1 amide bonds. The minimum atomic E-state index is -3.91. The van der Waals surface area contributed by atoms with Gasteiger partial charge < -0.3 is 5.32 Å². The van der Waals surface area contributed by atoms with Crippen molar-refractivity contribution >= 4 is 60.9 Å². The third-order valence-corrected chi connectivity index (χ3v) is 8.32. The zero-order valence-corrected chi connectivity index (χ0v) is 22.0. The Labute approximate surface area is 212 Å². The number of sulfonamides is 1. The van der Waals surface area contributed by atoms with Crippen molar-refractivity contribution in [3.8, 4) is 0 Å². The fourth-order valence-electron chi connectivity index (χ4n) is 3.03. The molecule has 3 aromatic rings. The molecule has 0 heterocycles. The Morgan fingerprint density at radius 1 is 1.06 bits per heavy atom. The van der Waals surface area contributed by atoms with Crippen LogP contribution in [0.25, 0.3) is 0 Å². The van der Waals surface area contributed by atoms with Crippen molar-refractivity contribution in [1.29, 1.82) is 0 Å². The second-order valence-corrected chi connectivity index (χ2v) is 11.7. The monoisotopic (exact) mass is 566 g/mol. The summed E-state index contributed by atoms with van der Waals surface area (Å²) in [5.41, 5.74) is 2.49. The second kappa shape index (κ2) is 11.9. The lowest BCUT2D eigenvalue weighted by atomic mass is 10.2. The van der Waals surface area contributed by atoms with E-state index in [1.165, 1.54) is 0 Å². The Balaban J connectivity index is 1.64. The number of benzene rings is 3. The molecule has 0 aliphatic heterocycles. The van der Waals surface area contributed by atoms with Crippen LogP contribution in [-0.2, 0) is 20.6 Å². The summed E-state index contributed by atoms with van der Waals surface area (Å²) in [7, 11) is -3.91. The van der Waals surface area contributed by atoms with Gasteiger partial charge in [-0.2, -0.15) is 11.8 Å². The Kier molecular flexibility index (Phi) is 9.26. The van der Waals surface area contributed by atoms with Crippen molar-refractivity contribution in [2.24, 2.45) is 0 Å². The summed E-state index contributed by atoms with van der Waals surface area (Å²) < 4.78 is 28.6. The molecule has 5 nitrogen and oxygen atoms in total. The fourth-order valence-corrected chi connectivity index (χ4v) is 5.73. The SMILES string of the molecule is Cc1ccc(S(=O)(=O)N(CC(=O)NCCSCc2cccc(Cl)c2)c2ccc(Br)cc2)cc1. The average molecular weight is 568 g/mol. The standard InChI is InChI=1S/C24H24BrClN2O3S2/c1-18-5-11-23(12-6-18)33(30,31)28(22-9-7-20(25)8-10-22)16-24(29)27-13-14-32-17-19-3-2-4-21(26)15-19/h2-12,15H,13-14,16-17H2,1H3,(H,27,29). The number of thioether (sulfide) groups is 1. The minimum absolute atomic E-state index is 0.140. The highest BCUT2D eigenvalue weighted by molar-refractivity contribution is 9.10. The first kappa shape index (κ1) is 25.6. The van der Waals surface area contributed by atoms with Gasteiger partial charge in [-0.3, -0.25) is 9.10 Å². The molecule has 0 unspecified atom stereocenters. The molecule has 3 aromatic carbocycles. The highest BCUT2D eigenvalue weighted by Crippen LogP contribution is 2.25. The molecule has 0 bridgehead atoms. The lowest BCUT2D eigenvalue weighted by molar-refractivity contribution is -0.119. The third kappa shape index (κ3) is 7.50. The van der Waals surface area contributed by atoms with Gasteiger partial charge in [0.1, 0.15) is 6.54 Å². The molecule has 0 radical (unpaired) electrons. The number of amides is 1. The number of anilines is 1.